The normalized spacial score (nSPS) is 16.5. The number of nitrogens with zero attached hydrogens (tertiary/aromatic N) is 2. The van der Waals surface area contributed by atoms with E-state index in [1.165, 1.54) is 24.1 Å². The largest absolute Gasteiger partial charge is 0.371 e. The van der Waals surface area contributed by atoms with Crippen molar-refractivity contribution in [3.63, 3.8) is 0 Å². The van der Waals surface area contributed by atoms with Crippen LogP contribution in [-0.2, 0) is 11.3 Å². The van der Waals surface area contributed by atoms with Gasteiger partial charge in [0.15, 0.2) is 0 Å². The summed E-state index contributed by atoms with van der Waals surface area (Å²) in [7, 11) is 1.96. The molecular weight excluding hydrogens is 400 g/mol. The van der Waals surface area contributed by atoms with E-state index >= 15 is 0 Å². The molecular formula is C26H34N4O2. The maximum atomic E-state index is 12.8. The van der Waals surface area contributed by atoms with Crippen molar-refractivity contribution in [1.29, 1.82) is 0 Å². The van der Waals surface area contributed by atoms with Crippen molar-refractivity contribution < 1.29 is 9.59 Å². The Morgan fingerprint density at radius 1 is 0.969 bits per heavy atom. The molecule has 0 bridgehead atoms. The molecule has 1 aliphatic heterocycles. The Labute approximate surface area is 191 Å². The third kappa shape index (κ3) is 5.68. The van der Waals surface area contributed by atoms with Gasteiger partial charge in [-0.15, -0.1) is 0 Å². The summed E-state index contributed by atoms with van der Waals surface area (Å²) in [5, 5.41) is 6.06. The van der Waals surface area contributed by atoms with Gasteiger partial charge < -0.3 is 15.5 Å². The van der Waals surface area contributed by atoms with Gasteiger partial charge in [-0.2, -0.15) is 0 Å². The van der Waals surface area contributed by atoms with Crippen LogP contribution in [0.5, 0.6) is 0 Å². The lowest BCUT2D eigenvalue weighted by atomic mass is 10.1. The van der Waals surface area contributed by atoms with Crippen LogP contribution in [0.2, 0.25) is 0 Å². The molecule has 2 aromatic rings. The topological polar surface area (TPSA) is 64.7 Å². The maximum Gasteiger partial charge on any atom is 0.253 e. The van der Waals surface area contributed by atoms with E-state index in [4.69, 9.17) is 0 Å². The summed E-state index contributed by atoms with van der Waals surface area (Å²) in [4.78, 5) is 30.0. The fraction of sp³-hybridized carbons (Fsp3) is 0.462. The first-order valence-electron chi connectivity index (χ1n) is 11.8. The Bertz CT molecular complexity index is 933. The van der Waals surface area contributed by atoms with Crippen molar-refractivity contribution in [3.8, 4) is 0 Å². The zero-order valence-electron chi connectivity index (χ0n) is 19.0. The summed E-state index contributed by atoms with van der Waals surface area (Å²) in [5.41, 5.74) is 3.60. The first-order valence-corrected chi connectivity index (χ1v) is 11.8. The summed E-state index contributed by atoms with van der Waals surface area (Å²) < 4.78 is 0. The molecule has 6 heteroatoms. The predicted molar refractivity (Wildman–Crippen MR) is 129 cm³/mol. The Kier molecular flexibility index (Phi) is 7.43. The molecule has 0 spiro atoms. The number of carbonyl (C=O) groups is 2. The van der Waals surface area contributed by atoms with Gasteiger partial charge in [0.05, 0.1) is 17.8 Å². The first-order chi connectivity index (χ1) is 15.6. The quantitative estimate of drug-likeness (QED) is 0.658. The molecule has 4 rings (SSSR count). The predicted octanol–water partition coefficient (Wildman–Crippen LogP) is 4.03. The molecule has 1 aliphatic carbocycles. The van der Waals surface area contributed by atoms with Crippen molar-refractivity contribution in [2.24, 2.45) is 0 Å². The number of rotatable bonds is 8. The van der Waals surface area contributed by atoms with Crippen LogP contribution in [0.3, 0.4) is 0 Å². The Balaban J connectivity index is 1.36. The molecule has 170 valence electrons. The summed E-state index contributed by atoms with van der Waals surface area (Å²) >= 11 is 0. The minimum atomic E-state index is -0.118. The van der Waals surface area contributed by atoms with Crippen molar-refractivity contribution >= 4 is 23.2 Å². The Morgan fingerprint density at radius 3 is 2.44 bits per heavy atom. The van der Waals surface area contributed by atoms with E-state index in [1.54, 1.807) is 12.1 Å². The molecule has 2 aromatic carbocycles. The standard InChI is InChI=1S/C26H34N4O2/c1-29(18-20-10-2-7-15-24(20)30-16-8-9-17-30)19-25(31)28-23-14-6-5-13-22(23)26(32)27-21-11-3-4-12-21/h2,5-7,10,13-15,21H,3-4,8-9,11-12,16-19H2,1H3,(H,27,32)(H,28,31). The summed E-state index contributed by atoms with van der Waals surface area (Å²) in [6, 6.07) is 15.9. The van der Waals surface area contributed by atoms with Gasteiger partial charge in [-0.3, -0.25) is 14.5 Å². The minimum Gasteiger partial charge on any atom is -0.371 e. The van der Waals surface area contributed by atoms with Crippen LogP contribution >= 0.6 is 0 Å². The van der Waals surface area contributed by atoms with Crippen LogP contribution in [-0.4, -0.2) is 49.4 Å². The van der Waals surface area contributed by atoms with Crippen molar-refractivity contribution in [3.05, 3.63) is 59.7 Å². The molecule has 32 heavy (non-hydrogen) atoms. The molecule has 2 amide bonds. The highest BCUT2D eigenvalue weighted by Gasteiger charge is 2.21. The van der Waals surface area contributed by atoms with Gasteiger partial charge in [0.2, 0.25) is 5.91 Å². The van der Waals surface area contributed by atoms with Crippen molar-refractivity contribution in [2.75, 3.05) is 36.9 Å². The molecule has 1 saturated carbocycles. The first kappa shape index (κ1) is 22.3. The van der Waals surface area contributed by atoms with Crippen molar-refractivity contribution in [1.82, 2.24) is 10.2 Å². The smallest absolute Gasteiger partial charge is 0.253 e. The highest BCUT2D eigenvalue weighted by Crippen LogP contribution is 2.25. The van der Waals surface area contributed by atoms with Crippen LogP contribution < -0.4 is 15.5 Å². The van der Waals surface area contributed by atoms with E-state index in [0.717, 1.165) is 38.8 Å². The van der Waals surface area contributed by atoms with E-state index in [1.807, 2.05) is 24.1 Å². The molecule has 2 aliphatic rings. The Morgan fingerprint density at radius 2 is 1.66 bits per heavy atom. The Hall–Kier alpha value is -2.86. The van der Waals surface area contributed by atoms with Gasteiger partial charge >= 0.3 is 0 Å². The lowest BCUT2D eigenvalue weighted by molar-refractivity contribution is -0.117. The van der Waals surface area contributed by atoms with Gasteiger partial charge in [-0.05, 0) is 56.5 Å². The molecule has 0 radical (unpaired) electrons. The lowest BCUT2D eigenvalue weighted by Crippen LogP contribution is -2.34. The second-order valence-corrected chi connectivity index (χ2v) is 9.04. The lowest BCUT2D eigenvalue weighted by Gasteiger charge is -2.24. The number of carbonyl (C=O) groups excluding carboxylic acids is 2. The van der Waals surface area contributed by atoms with E-state index in [2.05, 4.69) is 39.8 Å². The van der Waals surface area contributed by atoms with Crippen LogP contribution in [0, 0.1) is 0 Å². The van der Waals surface area contributed by atoms with Crippen LogP contribution in [0.25, 0.3) is 0 Å². The number of hydrogen-bond donors (Lipinski definition) is 2. The molecule has 0 atom stereocenters. The third-order valence-corrected chi connectivity index (χ3v) is 6.43. The number of benzene rings is 2. The van der Waals surface area contributed by atoms with Crippen LogP contribution in [0.15, 0.2) is 48.5 Å². The average Bonchev–Trinajstić information content (AvgIpc) is 3.48. The van der Waals surface area contributed by atoms with Gasteiger partial charge in [0.1, 0.15) is 0 Å². The zero-order valence-corrected chi connectivity index (χ0v) is 19.0. The van der Waals surface area contributed by atoms with Gasteiger partial charge in [0.25, 0.3) is 5.91 Å². The molecule has 0 aromatic heterocycles. The molecule has 1 saturated heterocycles. The number of anilines is 2. The average molecular weight is 435 g/mol. The molecule has 6 nitrogen and oxygen atoms in total. The monoisotopic (exact) mass is 434 g/mol. The van der Waals surface area contributed by atoms with E-state index in [9.17, 15) is 9.59 Å². The number of para-hydroxylation sites is 2. The molecule has 2 fully saturated rings. The fourth-order valence-corrected chi connectivity index (χ4v) is 4.82. The summed E-state index contributed by atoms with van der Waals surface area (Å²) in [6.45, 7) is 3.15. The minimum absolute atomic E-state index is 0.110. The zero-order chi connectivity index (χ0) is 22.3. The molecule has 0 unspecified atom stereocenters. The molecule has 2 N–H and O–H groups in total. The van der Waals surface area contributed by atoms with Gasteiger partial charge in [0, 0.05) is 31.4 Å². The second-order valence-electron chi connectivity index (χ2n) is 9.04. The van der Waals surface area contributed by atoms with Crippen molar-refractivity contribution in [2.45, 2.75) is 51.1 Å². The SMILES string of the molecule is CN(CC(=O)Nc1ccccc1C(=O)NC1CCCC1)Cc1ccccc1N1CCCC1. The molecule has 1 heterocycles. The highest BCUT2D eigenvalue weighted by molar-refractivity contribution is 6.04. The maximum absolute atomic E-state index is 12.8. The summed E-state index contributed by atoms with van der Waals surface area (Å²) in [6.07, 6.45) is 6.86. The number of nitrogens with one attached hydrogen (secondary N) is 2. The second kappa shape index (κ2) is 10.6. The number of amides is 2. The van der Waals surface area contributed by atoms with E-state index in [-0.39, 0.29) is 24.4 Å². The van der Waals surface area contributed by atoms with Gasteiger partial charge in [-0.25, -0.2) is 0 Å². The number of likely N-dealkylation sites (N-methyl/N-ethyl adjacent to an activating group) is 1. The van der Waals surface area contributed by atoms with Gasteiger partial charge in [-0.1, -0.05) is 43.2 Å². The van der Waals surface area contributed by atoms with E-state index < -0.39 is 0 Å². The highest BCUT2D eigenvalue weighted by atomic mass is 16.2. The summed E-state index contributed by atoms with van der Waals surface area (Å²) in [5.74, 6) is -0.229. The third-order valence-electron chi connectivity index (χ3n) is 6.43. The van der Waals surface area contributed by atoms with Crippen LogP contribution in [0.4, 0.5) is 11.4 Å². The fourth-order valence-electron chi connectivity index (χ4n) is 4.82. The van der Waals surface area contributed by atoms with E-state index in [0.29, 0.717) is 17.8 Å². The van der Waals surface area contributed by atoms with Crippen LogP contribution in [0.1, 0.15) is 54.4 Å². The number of hydrogen-bond acceptors (Lipinski definition) is 4.